The fraction of sp³-hybridized carbons (Fsp3) is 0.348. The van der Waals surface area contributed by atoms with Crippen LogP contribution in [-0.2, 0) is 20.7 Å². The maximum atomic E-state index is 13.2. The Morgan fingerprint density at radius 2 is 1.94 bits per heavy atom. The number of amides is 1. The molecule has 0 bridgehead atoms. The summed E-state index contributed by atoms with van der Waals surface area (Å²) >= 11 is 7.53. The third-order valence-electron chi connectivity index (χ3n) is 5.61. The highest BCUT2D eigenvalue weighted by atomic mass is 35.5. The van der Waals surface area contributed by atoms with Gasteiger partial charge in [-0.25, -0.2) is 9.37 Å². The zero-order valence-electron chi connectivity index (χ0n) is 16.8. The third-order valence-corrected chi connectivity index (χ3v) is 6.96. The molecule has 1 saturated carbocycles. The molecule has 0 atom stereocenters. The first-order valence-corrected chi connectivity index (χ1v) is 11.4. The van der Waals surface area contributed by atoms with Crippen LogP contribution in [0.15, 0.2) is 42.5 Å². The molecule has 1 aliphatic rings. The molecule has 2 aromatic carbocycles. The number of halogens is 2. The van der Waals surface area contributed by atoms with E-state index in [1.54, 1.807) is 11.3 Å². The molecule has 0 unspecified atom stereocenters. The molecule has 1 amide bonds. The van der Waals surface area contributed by atoms with Gasteiger partial charge in [0, 0.05) is 6.42 Å². The van der Waals surface area contributed by atoms with Crippen LogP contribution in [0, 0.1) is 11.2 Å². The zero-order valence-corrected chi connectivity index (χ0v) is 18.4. The molecular formula is C23H22ClFN2O3S. The molecule has 31 heavy (non-hydrogen) atoms. The molecule has 0 radical (unpaired) electrons. The molecular weight excluding hydrogens is 439 g/mol. The minimum atomic E-state index is -0.667. The standard InChI is InChI=1S/C23H22ClFN2O3S/c24-16-12-15(25)8-9-17(16)26-20(28)14-30-22(29)23(10-4-1-5-11-23)13-21-27-18-6-2-3-7-19(18)31-21/h2-3,6-9,12H,1,4-5,10-11,13-14H2,(H,26,28). The summed E-state index contributed by atoms with van der Waals surface area (Å²) in [4.78, 5) is 30.1. The number of benzene rings is 2. The SMILES string of the molecule is O=C(COC(=O)C1(Cc2nc3ccccc3s2)CCCCC1)Nc1ccc(F)cc1Cl. The molecule has 3 aromatic rings. The molecule has 4 rings (SSSR count). The summed E-state index contributed by atoms with van der Waals surface area (Å²) in [6.45, 7) is -0.422. The lowest BCUT2D eigenvalue weighted by atomic mass is 9.72. The summed E-state index contributed by atoms with van der Waals surface area (Å²) in [6, 6.07) is 11.6. The van der Waals surface area contributed by atoms with Crippen LogP contribution >= 0.6 is 22.9 Å². The number of thiazole rings is 1. The van der Waals surface area contributed by atoms with Gasteiger partial charge in [0.25, 0.3) is 5.91 Å². The molecule has 0 saturated heterocycles. The quantitative estimate of drug-likeness (QED) is 0.474. The fourth-order valence-corrected chi connectivity index (χ4v) is 5.35. The van der Waals surface area contributed by atoms with E-state index in [0.717, 1.165) is 40.6 Å². The first-order valence-electron chi connectivity index (χ1n) is 10.2. The second-order valence-electron chi connectivity index (χ2n) is 7.84. The number of carbonyl (C=O) groups excluding carboxylic acids is 2. The van der Waals surface area contributed by atoms with Gasteiger partial charge in [-0.3, -0.25) is 9.59 Å². The predicted octanol–water partition coefficient (Wildman–Crippen LogP) is 5.76. The van der Waals surface area contributed by atoms with Crippen molar-refractivity contribution in [1.29, 1.82) is 0 Å². The number of esters is 1. The summed E-state index contributed by atoms with van der Waals surface area (Å²) < 4.78 is 19.7. The summed E-state index contributed by atoms with van der Waals surface area (Å²) in [6.07, 6.45) is 4.91. The highest BCUT2D eigenvalue weighted by Crippen LogP contribution is 2.41. The monoisotopic (exact) mass is 460 g/mol. The third kappa shape index (κ3) is 5.05. The maximum Gasteiger partial charge on any atom is 0.313 e. The number of aromatic nitrogens is 1. The molecule has 5 nitrogen and oxygen atoms in total. The number of hydrogen-bond acceptors (Lipinski definition) is 5. The van der Waals surface area contributed by atoms with Crippen molar-refractivity contribution in [3.8, 4) is 0 Å². The molecule has 1 aromatic heterocycles. The molecule has 0 spiro atoms. The van der Waals surface area contributed by atoms with Gasteiger partial charge in [0.15, 0.2) is 6.61 Å². The van der Waals surface area contributed by atoms with Crippen LogP contribution in [0.3, 0.4) is 0 Å². The maximum absolute atomic E-state index is 13.2. The Labute approximate surface area is 188 Å². The van der Waals surface area contributed by atoms with E-state index in [1.807, 2.05) is 24.3 Å². The van der Waals surface area contributed by atoms with Gasteiger partial charge < -0.3 is 10.1 Å². The Kier molecular flexibility index (Phi) is 6.53. The van der Waals surface area contributed by atoms with E-state index in [2.05, 4.69) is 10.3 Å². The highest BCUT2D eigenvalue weighted by Gasteiger charge is 2.42. The molecule has 1 heterocycles. The number of carbonyl (C=O) groups is 2. The number of nitrogens with zero attached hydrogens (tertiary/aromatic N) is 1. The molecule has 8 heteroatoms. The lowest BCUT2D eigenvalue weighted by Crippen LogP contribution is -2.38. The minimum Gasteiger partial charge on any atom is -0.455 e. The van der Waals surface area contributed by atoms with Crippen LogP contribution in [0.2, 0.25) is 5.02 Å². The second kappa shape index (κ2) is 9.32. The van der Waals surface area contributed by atoms with E-state index in [-0.39, 0.29) is 16.7 Å². The van der Waals surface area contributed by atoms with Crippen LogP contribution in [0.4, 0.5) is 10.1 Å². The minimum absolute atomic E-state index is 0.0827. The van der Waals surface area contributed by atoms with Gasteiger partial charge in [-0.1, -0.05) is 43.0 Å². The highest BCUT2D eigenvalue weighted by molar-refractivity contribution is 7.18. The molecule has 1 fully saturated rings. The van der Waals surface area contributed by atoms with E-state index in [0.29, 0.717) is 19.3 Å². The summed E-state index contributed by atoms with van der Waals surface area (Å²) in [5.74, 6) is -1.39. The van der Waals surface area contributed by atoms with Crippen LogP contribution in [0.25, 0.3) is 10.2 Å². The van der Waals surface area contributed by atoms with Crippen molar-refractivity contribution < 1.29 is 18.7 Å². The Balaban J connectivity index is 1.43. The van der Waals surface area contributed by atoms with Crippen molar-refractivity contribution >= 4 is 50.7 Å². The van der Waals surface area contributed by atoms with Gasteiger partial charge in [0.1, 0.15) is 5.82 Å². The Bertz CT molecular complexity index is 1080. The number of hydrogen-bond donors (Lipinski definition) is 1. The second-order valence-corrected chi connectivity index (χ2v) is 9.36. The number of anilines is 1. The predicted molar refractivity (Wildman–Crippen MR) is 120 cm³/mol. The number of ether oxygens (including phenoxy) is 1. The average molecular weight is 461 g/mol. The fourth-order valence-electron chi connectivity index (χ4n) is 4.03. The van der Waals surface area contributed by atoms with Crippen molar-refractivity contribution in [2.45, 2.75) is 38.5 Å². The summed E-state index contributed by atoms with van der Waals surface area (Å²) in [5.41, 5.74) is 0.531. The van der Waals surface area contributed by atoms with E-state index in [9.17, 15) is 14.0 Å². The molecule has 0 aliphatic heterocycles. The molecule has 1 aliphatic carbocycles. The van der Waals surface area contributed by atoms with Crippen LogP contribution < -0.4 is 5.32 Å². The van der Waals surface area contributed by atoms with Gasteiger partial charge in [-0.15, -0.1) is 11.3 Å². The Morgan fingerprint density at radius 1 is 1.16 bits per heavy atom. The normalized spacial score (nSPS) is 15.5. The summed E-state index contributed by atoms with van der Waals surface area (Å²) in [5, 5.41) is 3.54. The Morgan fingerprint density at radius 3 is 2.68 bits per heavy atom. The van der Waals surface area contributed by atoms with Crippen molar-refractivity contribution in [2.24, 2.45) is 5.41 Å². The van der Waals surface area contributed by atoms with Crippen LogP contribution in [-0.4, -0.2) is 23.5 Å². The molecule has 1 N–H and O–H groups in total. The lowest BCUT2D eigenvalue weighted by molar-refractivity contribution is -0.160. The number of para-hydroxylation sites is 1. The lowest BCUT2D eigenvalue weighted by Gasteiger charge is -2.34. The van der Waals surface area contributed by atoms with Crippen LogP contribution in [0.1, 0.15) is 37.1 Å². The zero-order chi connectivity index (χ0) is 21.8. The van der Waals surface area contributed by atoms with Crippen LogP contribution in [0.5, 0.6) is 0 Å². The average Bonchev–Trinajstić information content (AvgIpc) is 3.16. The Hall–Kier alpha value is -2.51. The van der Waals surface area contributed by atoms with E-state index in [1.165, 1.54) is 12.1 Å². The molecule has 162 valence electrons. The largest absolute Gasteiger partial charge is 0.455 e. The van der Waals surface area contributed by atoms with E-state index < -0.39 is 23.7 Å². The number of rotatable bonds is 6. The van der Waals surface area contributed by atoms with Gasteiger partial charge >= 0.3 is 5.97 Å². The van der Waals surface area contributed by atoms with E-state index >= 15 is 0 Å². The number of fused-ring (bicyclic) bond motifs is 1. The van der Waals surface area contributed by atoms with Crippen molar-refractivity contribution in [1.82, 2.24) is 4.98 Å². The number of nitrogens with one attached hydrogen (secondary N) is 1. The van der Waals surface area contributed by atoms with Gasteiger partial charge in [0.2, 0.25) is 0 Å². The van der Waals surface area contributed by atoms with Gasteiger partial charge in [-0.2, -0.15) is 0 Å². The summed E-state index contributed by atoms with van der Waals surface area (Å²) in [7, 11) is 0. The van der Waals surface area contributed by atoms with Crippen molar-refractivity contribution in [2.75, 3.05) is 11.9 Å². The van der Waals surface area contributed by atoms with E-state index in [4.69, 9.17) is 16.3 Å². The smallest absolute Gasteiger partial charge is 0.313 e. The van der Waals surface area contributed by atoms with Gasteiger partial charge in [-0.05, 0) is 43.2 Å². The van der Waals surface area contributed by atoms with Crippen molar-refractivity contribution in [3.05, 3.63) is 58.3 Å². The first-order chi connectivity index (χ1) is 14.9. The van der Waals surface area contributed by atoms with Gasteiger partial charge in [0.05, 0.1) is 31.3 Å². The topological polar surface area (TPSA) is 68.3 Å². The van der Waals surface area contributed by atoms with Crippen molar-refractivity contribution in [3.63, 3.8) is 0 Å². The first kappa shape index (κ1) is 21.7.